The smallest absolute Gasteiger partial charge is 0.311 e. The van der Waals surface area contributed by atoms with E-state index in [0.717, 1.165) is 41.4 Å². The molecule has 0 amide bonds. The highest BCUT2D eigenvalue weighted by Gasteiger charge is 2.24. The number of fused-ring (bicyclic) bond motifs is 3. The van der Waals surface area contributed by atoms with Crippen LogP contribution in [0.3, 0.4) is 0 Å². The lowest BCUT2D eigenvalue weighted by molar-refractivity contribution is -0.384. The van der Waals surface area contributed by atoms with Crippen molar-refractivity contribution in [2.75, 3.05) is 16.8 Å². The van der Waals surface area contributed by atoms with Gasteiger partial charge >= 0.3 is 5.69 Å². The number of hydrogen-bond acceptors (Lipinski definition) is 6. The van der Waals surface area contributed by atoms with Crippen molar-refractivity contribution in [3.8, 4) is 0 Å². The molecule has 4 aromatic rings. The minimum absolute atomic E-state index is 0.0557. The summed E-state index contributed by atoms with van der Waals surface area (Å²) < 4.78 is 2.22. The van der Waals surface area contributed by atoms with Crippen LogP contribution in [0.5, 0.6) is 0 Å². The van der Waals surface area contributed by atoms with Crippen molar-refractivity contribution in [1.82, 2.24) is 14.5 Å². The Hall–Kier alpha value is -3.94. The van der Waals surface area contributed by atoms with Crippen LogP contribution in [0.25, 0.3) is 11.0 Å². The molecule has 138 valence electrons. The lowest BCUT2D eigenvalue weighted by atomic mass is 10.2. The second-order valence-corrected chi connectivity index (χ2v) is 6.50. The molecule has 1 aliphatic heterocycles. The summed E-state index contributed by atoms with van der Waals surface area (Å²) in [5, 5.41) is 14.2. The fourth-order valence-electron chi connectivity index (χ4n) is 3.54. The van der Waals surface area contributed by atoms with E-state index in [9.17, 15) is 10.1 Å². The van der Waals surface area contributed by atoms with E-state index < -0.39 is 4.92 Å². The highest BCUT2D eigenvalue weighted by Crippen LogP contribution is 2.34. The van der Waals surface area contributed by atoms with E-state index in [-0.39, 0.29) is 11.5 Å². The third-order valence-corrected chi connectivity index (χ3v) is 4.85. The molecule has 8 nitrogen and oxygen atoms in total. The number of imidazole rings is 1. The zero-order valence-corrected chi connectivity index (χ0v) is 14.8. The first kappa shape index (κ1) is 16.2. The third kappa shape index (κ3) is 2.62. The maximum atomic E-state index is 11.1. The van der Waals surface area contributed by atoms with Crippen molar-refractivity contribution < 1.29 is 4.92 Å². The van der Waals surface area contributed by atoms with Crippen molar-refractivity contribution >= 4 is 39.9 Å². The van der Waals surface area contributed by atoms with Crippen molar-refractivity contribution in [3.63, 3.8) is 0 Å². The van der Waals surface area contributed by atoms with Crippen LogP contribution in [0.15, 0.2) is 66.9 Å². The molecular formula is C20H16N6O2. The number of anilines is 4. The van der Waals surface area contributed by atoms with Gasteiger partial charge in [0, 0.05) is 36.7 Å². The summed E-state index contributed by atoms with van der Waals surface area (Å²) in [6.07, 6.45) is 1.53. The molecule has 0 radical (unpaired) electrons. The van der Waals surface area contributed by atoms with E-state index in [4.69, 9.17) is 4.98 Å². The van der Waals surface area contributed by atoms with Crippen LogP contribution >= 0.6 is 0 Å². The van der Waals surface area contributed by atoms with Crippen LogP contribution in [0.2, 0.25) is 0 Å². The minimum atomic E-state index is -0.446. The predicted molar refractivity (Wildman–Crippen MR) is 107 cm³/mol. The van der Waals surface area contributed by atoms with E-state index in [1.807, 2.05) is 42.5 Å². The summed E-state index contributed by atoms with van der Waals surface area (Å²) in [6.45, 7) is 1.74. The number of pyridine rings is 1. The van der Waals surface area contributed by atoms with Gasteiger partial charge in [-0.05, 0) is 42.5 Å². The Morgan fingerprint density at radius 3 is 2.64 bits per heavy atom. The van der Waals surface area contributed by atoms with E-state index >= 15 is 0 Å². The Morgan fingerprint density at radius 2 is 1.82 bits per heavy atom. The van der Waals surface area contributed by atoms with Gasteiger partial charge in [0.15, 0.2) is 0 Å². The zero-order valence-electron chi connectivity index (χ0n) is 14.8. The Bertz CT molecular complexity index is 1190. The van der Waals surface area contributed by atoms with Gasteiger partial charge in [-0.15, -0.1) is 0 Å². The Kier molecular flexibility index (Phi) is 3.68. The molecule has 1 aliphatic rings. The number of rotatable bonds is 4. The maximum Gasteiger partial charge on any atom is 0.311 e. The molecule has 3 heterocycles. The van der Waals surface area contributed by atoms with Crippen molar-refractivity contribution in [1.29, 1.82) is 0 Å². The fourth-order valence-corrected chi connectivity index (χ4v) is 3.54. The first-order valence-corrected chi connectivity index (χ1v) is 8.90. The van der Waals surface area contributed by atoms with Crippen LogP contribution in [-0.4, -0.2) is 26.0 Å². The quantitative estimate of drug-likeness (QED) is 0.426. The van der Waals surface area contributed by atoms with Crippen LogP contribution in [0.1, 0.15) is 0 Å². The van der Waals surface area contributed by atoms with Crippen molar-refractivity contribution in [3.05, 3.63) is 77.0 Å². The van der Waals surface area contributed by atoms with Gasteiger partial charge in [-0.1, -0.05) is 12.1 Å². The zero-order chi connectivity index (χ0) is 19.1. The SMILES string of the molecule is O=[N+]([O-])c1cccnc1Nc1ccc(N2CCn3c2nc2ccccc23)cc1. The summed E-state index contributed by atoms with van der Waals surface area (Å²) in [4.78, 5) is 21.7. The first-order chi connectivity index (χ1) is 13.7. The van der Waals surface area contributed by atoms with Gasteiger partial charge in [-0.2, -0.15) is 0 Å². The van der Waals surface area contributed by atoms with Crippen LogP contribution in [0.4, 0.5) is 28.8 Å². The lowest BCUT2D eigenvalue weighted by Crippen LogP contribution is -2.14. The average Bonchev–Trinajstić information content (AvgIpc) is 3.28. The predicted octanol–water partition coefficient (Wildman–Crippen LogP) is 4.23. The average molecular weight is 372 g/mol. The summed E-state index contributed by atoms with van der Waals surface area (Å²) in [6, 6.07) is 18.8. The van der Waals surface area contributed by atoms with Gasteiger partial charge in [0.1, 0.15) is 0 Å². The number of benzene rings is 2. The van der Waals surface area contributed by atoms with E-state index in [2.05, 4.69) is 25.8 Å². The molecule has 5 rings (SSSR count). The van der Waals surface area contributed by atoms with Gasteiger partial charge in [-0.25, -0.2) is 9.97 Å². The normalized spacial score (nSPS) is 12.9. The molecule has 2 aromatic carbocycles. The molecule has 0 saturated heterocycles. The highest BCUT2D eigenvalue weighted by atomic mass is 16.6. The molecule has 0 aliphatic carbocycles. The number of para-hydroxylation sites is 2. The molecule has 2 aromatic heterocycles. The Morgan fingerprint density at radius 1 is 1.00 bits per heavy atom. The molecule has 0 fully saturated rings. The summed E-state index contributed by atoms with van der Waals surface area (Å²) in [5.41, 5.74) is 3.83. The second-order valence-electron chi connectivity index (χ2n) is 6.50. The molecule has 0 atom stereocenters. The standard InChI is InChI=1S/C20H16N6O2/c27-26(28)18-6-3-11-21-19(18)22-14-7-9-15(10-8-14)24-12-13-25-17-5-2-1-4-16(17)23-20(24)25/h1-11H,12-13H2,(H,21,22). The minimum Gasteiger partial charge on any atom is -0.334 e. The maximum absolute atomic E-state index is 11.1. The monoisotopic (exact) mass is 372 g/mol. The van der Waals surface area contributed by atoms with Gasteiger partial charge in [0.25, 0.3) is 0 Å². The van der Waals surface area contributed by atoms with Crippen LogP contribution < -0.4 is 10.2 Å². The van der Waals surface area contributed by atoms with Crippen LogP contribution in [-0.2, 0) is 6.54 Å². The number of nitro groups is 1. The first-order valence-electron chi connectivity index (χ1n) is 8.90. The van der Waals surface area contributed by atoms with E-state index in [1.165, 1.54) is 12.3 Å². The molecule has 8 heteroatoms. The van der Waals surface area contributed by atoms with Gasteiger partial charge in [0.05, 0.1) is 16.0 Å². The number of hydrogen-bond donors (Lipinski definition) is 1. The summed E-state index contributed by atoms with van der Waals surface area (Å²) >= 11 is 0. The lowest BCUT2D eigenvalue weighted by Gasteiger charge is -2.16. The number of nitrogens with zero attached hydrogens (tertiary/aromatic N) is 5. The highest BCUT2D eigenvalue weighted by molar-refractivity contribution is 5.81. The van der Waals surface area contributed by atoms with Gasteiger partial charge in [0.2, 0.25) is 11.8 Å². The third-order valence-electron chi connectivity index (χ3n) is 4.85. The molecular weight excluding hydrogens is 356 g/mol. The van der Waals surface area contributed by atoms with Crippen molar-refractivity contribution in [2.24, 2.45) is 0 Å². The van der Waals surface area contributed by atoms with E-state index in [1.54, 1.807) is 6.07 Å². The van der Waals surface area contributed by atoms with Crippen LogP contribution in [0, 0.1) is 10.1 Å². The van der Waals surface area contributed by atoms with Gasteiger partial charge < -0.3 is 14.8 Å². The largest absolute Gasteiger partial charge is 0.334 e. The van der Waals surface area contributed by atoms with Gasteiger partial charge in [-0.3, -0.25) is 10.1 Å². The molecule has 0 unspecified atom stereocenters. The summed E-state index contributed by atoms with van der Waals surface area (Å²) in [7, 11) is 0. The van der Waals surface area contributed by atoms with Crippen molar-refractivity contribution in [2.45, 2.75) is 6.54 Å². The molecule has 0 bridgehead atoms. The molecule has 28 heavy (non-hydrogen) atoms. The summed E-state index contributed by atoms with van der Waals surface area (Å²) in [5.74, 6) is 1.16. The fraction of sp³-hybridized carbons (Fsp3) is 0.100. The molecule has 0 spiro atoms. The Balaban J connectivity index is 1.42. The Labute approximate surface area is 160 Å². The number of nitrogens with one attached hydrogen (secondary N) is 1. The molecule has 1 N–H and O–H groups in total. The second kappa shape index (κ2) is 6.34. The molecule has 0 saturated carbocycles. The topological polar surface area (TPSA) is 89.1 Å². The number of aromatic nitrogens is 3. The van der Waals surface area contributed by atoms with E-state index in [0.29, 0.717) is 0 Å².